The fourth-order valence-electron chi connectivity index (χ4n) is 2.57. The lowest BCUT2D eigenvalue weighted by Crippen LogP contribution is -2.14. The quantitative estimate of drug-likeness (QED) is 0.319. The highest BCUT2D eigenvalue weighted by molar-refractivity contribution is 7.99. The van der Waals surface area contributed by atoms with E-state index >= 15 is 0 Å². The van der Waals surface area contributed by atoms with Crippen molar-refractivity contribution in [2.75, 3.05) is 11.1 Å². The van der Waals surface area contributed by atoms with Gasteiger partial charge >= 0.3 is 0 Å². The number of halogens is 1. The molecule has 0 atom stereocenters. The number of hydrogen-bond donors (Lipinski definition) is 2. The summed E-state index contributed by atoms with van der Waals surface area (Å²) in [5.74, 6) is -0.257. The largest absolute Gasteiger partial charge is 0.390 e. The number of aliphatic hydroxyl groups excluding tert-OH is 1. The maximum absolute atomic E-state index is 12.2. The van der Waals surface area contributed by atoms with Crippen LogP contribution in [-0.2, 0) is 17.9 Å². The lowest BCUT2D eigenvalue weighted by Gasteiger charge is -2.08. The topological polar surface area (TPSA) is 110 Å². The van der Waals surface area contributed by atoms with Gasteiger partial charge in [0.2, 0.25) is 5.91 Å². The number of nitro benzene ring substituents is 1. The summed E-state index contributed by atoms with van der Waals surface area (Å²) in [7, 11) is 0. The summed E-state index contributed by atoms with van der Waals surface area (Å²) in [4.78, 5) is 26.9. The number of thioether (sulfide) groups is 1. The van der Waals surface area contributed by atoms with E-state index in [-0.39, 0.29) is 24.0 Å². The summed E-state index contributed by atoms with van der Waals surface area (Å²) in [6.45, 7) is 0.306. The number of carbonyl (C=O) groups is 1. The van der Waals surface area contributed by atoms with Crippen LogP contribution in [0.4, 0.5) is 11.4 Å². The molecule has 0 saturated heterocycles. The Morgan fingerprint density at radius 1 is 1.28 bits per heavy atom. The standard InChI is InChI=1S/C19H17ClN4O4S/c20-14-6-4-13(5-7-14)9-23-10-16(11-25)22-19(23)29-12-18(26)21-15-2-1-3-17(8-15)24(27)28/h1-8,10,25H,9,11-12H2,(H,21,26). The average molecular weight is 433 g/mol. The molecule has 29 heavy (non-hydrogen) atoms. The zero-order valence-corrected chi connectivity index (χ0v) is 16.7. The number of imidazole rings is 1. The van der Waals surface area contributed by atoms with Gasteiger partial charge in [-0.2, -0.15) is 0 Å². The molecule has 150 valence electrons. The molecular weight excluding hydrogens is 416 g/mol. The van der Waals surface area contributed by atoms with Crippen LogP contribution < -0.4 is 5.32 Å². The minimum Gasteiger partial charge on any atom is -0.390 e. The molecular formula is C19H17ClN4O4S. The van der Waals surface area contributed by atoms with Crippen molar-refractivity contribution < 1.29 is 14.8 Å². The lowest BCUT2D eigenvalue weighted by atomic mass is 10.2. The van der Waals surface area contributed by atoms with Gasteiger partial charge in [0.1, 0.15) is 0 Å². The number of anilines is 1. The van der Waals surface area contributed by atoms with E-state index < -0.39 is 4.92 Å². The van der Waals surface area contributed by atoms with Gasteiger partial charge in [0.15, 0.2) is 5.16 Å². The fourth-order valence-corrected chi connectivity index (χ4v) is 3.49. The van der Waals surface area contributed by atoms with Crippen LogP contribution in [0.5, 0.6) is 0 Å². The Bertz CT molecular complexity index is 1020. The van der Waals surface area contributed by atoms with Crippen LogP contribution in [0.3, 0.4) is 0 Å². The Balaban J connectivity index is 1.65. The smallest absolute Gasteiger partial charge is 0.271 e. The summed E-state index contributed by atoms with van der Waals surface area (Å²) >= 11 is 7.12. The van der Waals surface area contributed by atoms with E-state index in [9.17, 15) is 20.0 Å². The zero-order valence-electron chi connectivity index (χ0n) is 15.1. The van der Waals surface area contributed by atoms with Gasteiger partial charge in [-0.25, -0.2) is 4.98 Å². The van der Waals surface area contributed by atoms with E-state index in [0.29, 0.717) is 28.1 Å². The summed E-state index contributed by atoms with van der Waals surface area (Å²) in [6.07, 6.45) is 1.73. The number of nitrogens with zero attached hydrogens (tertiary/aromatic N) is 3. The third-order valence-electron chi connectivity index (χ3n) is 3.89. The van der Waals surface area contributed by atoms with Crippen LogP contribution in [0.1, 0.15) is 11.3 Å². The molecule has 1 aromatic heterocycles. The van der Waals surface area contributed by atoms with E-state index in [1.165, 1.54) is 30.0 Å². The molecule has 0 aliphatic heterocycles. The number of amides is 1. The lowest BCUT2D eigenvalue weighted by molar-refractivity contribution is -0.384. The first kappa shape index (κ1) is 20.8. The third-order valence-corrected chi connectivity index (χ3v) is 5.13. The molecule has 0 saturated carbocycles. The highest BCUT2D eigenvalue weighted by atomic mass is 35.5. The van der Waals surface area contributed by atoms with E-state index in [0.717, 1.165) is 5.56 Å². The van der Waals surface area contributed by atoms with Crippen LogP contribution in [0.25, 0.3) is 0 Å². The second-order valence-corrected chi connectivity index (χ2v) is 7.45. The number of aromatic nitrogens is 2. The van der Waals surface area contributed by atoms with Gasteiger partial charge in [0, 0.05) is 35.6 Å². The van der Waals surface area contributed by atoms with Gasteiger partial charge < -0.3 is 15.0 Å². The first-order valence-electron chi connectivity index (χ1n) is 8.53. The van der Waals surface area contributed by atoms with Crippen LogP contribution in [0.15, 0.2) is 59.9 Å². The summed E-state index contributed by atoms with van der Waals surface area (Å²) < 4.78 is 1.85. The van der Waals surface area contributed by atoms with E-state index in [1.807, 2.05) is 16.7 Å². The molecule has 0 spiro atoms. The van der Waals surface area contributed by atoms with Crippen LogP contribution in [-0.4, -0.2) is 31.2 Å². The number of non-ortho nitro benzene ring substituents is 1. The first-order chi connectivity index (χ1) is 13.9. The summed E-state index contributed by atoms with van der Waals surface area (Å²) in [5.41, 5.74) is 1.76. The fraction of sp³-hybridized carbons (Fsp3) is 0.158. The Hall–Kier alpha value is -2.88. The van der Waals surface area contributed by atoms with Crippen molar-refractivity contribution in [2.24, 2.45) is 0 Å². The zero-order chi connectivity index (χ0) is 20.8. The van der Waals surface area contributed by atoms with Crippen molar-refractivity contribution in [3.05, 3.63) is 81.1 Å². The van der Waals surface area contributed by atoms with Gasteiger partial charge in [0.25, 0.3) is 5.69 Å². The second kappa shape index (κ2) is 9.55. The van der Waals surface area contributed by atoms with Gasteiger partial charge in [0.05, 0.1) is 23.0 Å². The van der Waals surface area contributed by atoms with Crippen LogP contribution >= 0.6 is 23.4 Å². The van der Waals surface area contributed by atoms with Crippen molar-refractivity contribution in [2.45, 2.75) is 18.3 Å². The molecule has 0 unspecified atom stereocenters. The molecule has 0 bridgehead atoms. The predicted molar refractivity (Wildman–Crippen MR) is 111 cm³/mol. The number of nitro groups is 1. The predicted octanol–water partition coefficient (Wildman–Crippen LogP) is 3.72. The molecule has 2 aromatic carbocycles. The molecule has 0 radical (unpaired) electrons. The highest BCUT2D eigenvalue weighted by Crippen LogP contribution is 2.22. The van der Waals surface area contributed by atoms with Gasteiger partial charge in [-0.3, -0.25) is 14.9 Å². The second-order valence-electron chi connectivity index (χ2n) is 6.07. The van der Waals surface area contributed by atoms with Gasteiger partial charge in [-0.05, 0) is 23.8 Å². The van der Waals surface area contributed by atoms with Gasteiger partial charge in [-0.15, -0.1) is 0 Å². The number of aliphatic hydroxyl groups is 1. The van der Waals surface area contributed by atoms with E-state index in [2.05, 4.69) is 10.3 Å². The number of nitrogens with one attached hydrogen (secondary N) is 1. The highest BCUT2D eigenvalue weighted by Gasteiger charge is 2.13. The Kier molecular flexibility index (Phi) is 6.86. The molecule has 8 nitrogen and oxygen atoms in total. The molecule has 3 rings (SSSR count). The molecule has 0 aliphatic carbocycles. The van der Waals surface area contributed by atoms with Crippen molar-refractivity contribution in [1.29, 1.82) is 0 Å². The molecule has 10 heteroatoms. The molecule has 0 aliphatic rings. The third kappa shape index (κ3) is 5.80. The Morgan fingerprint density at radius 3 is 2.72 bits per heavy atom. The van der Waals surface area contributed by atoms with Crippen LogP contribution in [0.2, 0.25) is 5.02 Å². The average Bonchev–Trinajstić information content (AvgIpc) is 3.10. The normalized spacial score (nSPS) is 10.7. The van der Waals surface area contributed by atoms with Crippen molar-refractivity contribution in [3.8, 4) is 0 Å². The molecule has 1 heterocycles. The van der Waals surface area contributed by atoms with Crippen molar-refractivity contribution in [3.63, 3.8) is 0 Å². The van der Waals surface area contributed by atoms with Crippen molar-refractivity contribution >= 4 is 40.6 Å². The van der Waals surface area contributed by atoms with Crippen molar-refractivity contribution in [1.82, 2.24) is 9.55 Å². The van der Waals surface area contributed by atoms with Gasteiger partial charge in [-0.1, -0.05) is 41.6 Å². The summed E-state index contributed by atoms with van der Waals surface area (Å²) in [5, 5.41) is 24.1. The van der Waals surface area contributed by atoms with Crippen LogP contribution in [0, 0.1) is 10.1 Å². The molecule has 1 amide bonds. The summed E-state index contributed by atoms with van der Waals surface area (Å²) in [6, 6.07) is 13.1. The molecule has 2 N–H and O–H groups in total. The first-order valence-corrected chi connectivity index (χ1v) is 9.89. The minimum atomic E-state index is -0.519. The Morgan fingerprint density at radius 2 is 2.03 bits per heavy atom. The maximum atomic E-state index is 12.2. The monoisotopic (exact) mass is 432 g/mol. The number of hydrogen-bond acceptors (Lipinski definition) is 6. The number of benzene rings is 2. The van der Waals surface area contributed by atoms with E-state index in [1.54, 1.807) is 24.4 Å². The minimum absolute atomic E-state index is 0.0607. The molecule has 0 fully saturated rings. The van der Waals surface area contributed by atoms with E-state index in [4.69, 9.17) is 11.6 Å². The SMILES string of the molecule is O=C(CSc1nc(CO)cn1Cc1ccc(Cl)cc1)Nc1cccc([N+](=O)[O-])c1. The molecule has 3 aromatic rings. The number of carbonyl (C=O) groups excluding carboxylic acids is 1. The Labute approximate surface area is 175 Å². The number of rotatable bonds is 8. The maximum Gasteiger partial charge on any atom is 0.271 e.